The lowest BCUT2D eigenvalue weighted by Gasteiger charge is -2.13. The predicted molar refractivity (Wildman–Crippen MR) is 116 cm³/mol. The number of carbonyl (C=O) groups excluding carboxylic acids is 1. The van der Waals surface area contributed by atoms with Crippen LogP contribution in [0.15, 0.2) is 30.6 Å². The van der Waals surface area contributed by atoms with E-state index in [1.165, 1.54) is 12.6 Å². The van der Waals surface area contributed by atoms with Crippen molar-refractivity contribution in [1.82, 2.24) is 19.1 Å². The molecule has 0 saturated carbocycles. The number of anilines is 2. The molecule has 0 atom stereocenters. The van der Waals surface area contributed by atoms with Crippen LogP contribution in [0, 0.1) is 0 Å². The molecule has 1 aliphatic rings. The van der Waals surface area contributed by atoms with E-state index in [0.717, 1.165) is 58.3 Å². The number of nitrogen functional groups attached to an aromatic ring is 1. The topological polar surface area (TPSA) is 90.8 Å². The molecule has 29 heavy (non-hydrogen) atoms. The SMILES string of the molecule is CC(=O)Nc1ccc2cc3n(c2c1)CCCc1c-3c2c(N)ncnc2n1C(C)C. The lowest BCUT2D eigenvalue weighted by molar-refractivity contribution is -0.114. The van der Waals surface area contributed by atoms with E-state index in [0.29, 0.717) is 5.82 Å². The van der Waals surface area contributed by atoms with E-state index >= 15 is 0 Å². The Labute approximate surface area is 168 Å². The summed E-state index contributed by atoms with van der Waals surface area (Å²) in [6.07, 6.45) is 3.52. The maximum absolute atomic E-state index is 11.5. The first-order chi connectivity index (χ1) is 14.0. The summed E-state index contributed by atoms with van der Waals surface area (Å²) in [5.74, 6) is 0.447. The van der Waals surface area contributed by atoms with Crippen molar-refractivity contribution in [1.29, 1.82) is 0 Å². The van der Waals surface area contributed by atoms with Crippen molar-refractivity contribution in [2.45, 2.75) is 46.2 Å². The molecule has 0 aliphatic carbocycles. The number of aromatic nitrogens is 4. The summed E-state index contributed by atoms with van der Waals surface area (Å²) in [5, 5.41) is 4.97. The zero-order valence-electron chi connectivity index (χ0n) is 16.9. The van der Waals surface area contributed by atoms with Crippen LogP contribution in [-0.2, 0) is 17.8 Å². The third kappa shape index (κ3) is 2.61. The lowest BCUT2D eigenvalue weighted by atomic mass is 10.1. The highest BCUT2D eigenvalue weighted by Crippen LogP contribution is 2.43. The van der Waals surface area contributed by atoms with Gasteiger partial charge in [0.05, 0.1) is 16.6 Å². The minimum absolute atomic E-state index is 0.0702. The highest BCUT2D eigenvalue weighted by molar-refractivity contribution is 6.04. The third-order valence-electron chi connectivity index (χ3n) is 5.71. The van der Waals surface area contributed by atoms with Gasteiger partial charge in [0.25, 0.3) is 0 Å². The van der Waals surface area contributed by atoms with Crippen LogP contribution in [-0.4, -0.2) is 25.0 Å². The van der Waals surface area contributed by atoms with Gasteiger partial charge in [-0.1, -0.05) is 6.07 Å². The molecule has 0 bridgehead atoms. The summed E-state index contributed by atoms with van der Waals surface area (Å²) in [5.41, 5.74) is 12.7. The van der Waals surface area contributed by atoms with E-state index in [4.69, 9.17) is 5.73 Å². The Morgan fingerprint density at radius 3 is 2.83 bits per heavy atom. The number of nitrogens with two attached hydrogens (primary N) is 1. The van der Waals surface area contributed by atoms with Gasteiger partial charge in [-0.05, 0) is 44.9 Å². The summed E-state index contributed by atoms with van der Waals surface area (Å²) < 4.78 is 4.64. The molecule has 0 radical (unpaired) electrons. The van der Waals surface area contributed by atoms with Gasteiger partial charge in [0.15, 0.2) is 0 Å². The van der Waals surface area contributed by atoms with Crippen molar-refractivity contribution in [2.24, 2.45) is 0 Å². The van der Waals surface area contributed by atoms with Crippen LogP contribution in [0.3, 0.4) is 0 Å². The number of amides is 1. The summed E-state index contributed by atoms with van der Waals surface area (Å²) in [7, 11) is 0. The number of aryl methyl sites for hydroxylation is 1. The maximum Gasteiger partial charge on any atom is 0.221 e. The van der Waals surface area contributed by atoms with Gasteiger partial charge in [-0.25, -0.2) is 9.97 Å². The van der Waals surface area contributed by atoms with E-state index in [1.807, 2.05) is 12.1 Å². The molecule has 4 aromatic rings. The highest BCUT2D eigenvalue weighted by Gasteiger charge is 2.27. The quantitative estimate of drug-likeness (QED) is 0.540. The Hall–Kier alpha value is -3.35. The van der Waals surface area contributed by atoms with Crippen molar-refractivity contribution in [2.75, 3.05) is 11.1 Å². The Morgan fingerprint density at radius 2 is 2.07 bits per heavy atom. The summed E-state index contributed by atoms with van der Waals surface area (Å²) in [6.45, 7) is 6.79. The van der Waals surface area contributed by atoms with Gasteiger partial charge < -0.3 is 20.2 Å². The minimum atomic E-state index is -0.0702. The van der Waals surface area contributed by atoms with Crippen molar-refractivity contribution < 1.29 is 4.79 Å². The summed E-state index contributed by atoms with van der Waals surface area (Å²) in [4.78, 5) is 20.4. The van der Waals surface area contributed by atoms with Gasteiger partial charge in [0, 0.05) is 41.8 Å². The fourth-order valence-electron chi connectivity index (χ4n) is 4.67. The molecule has 1 amide bonds. The van der Waals surface area contributed by atoms with Crippen LogP contribution < -0.4 is 11.1 Å². The molecule has 0 fully saturated rings. The molecule has 4 heterocycles. The van der Waals surface area contributed by atoms with E-state index in [2.05, 4.69) is 50.4 Å². The van der Waals surface area contributed by atoms with Gasteiger partial charge in [-0.2, -0.15) is 0 Å². The Balaban J connectivity index is 1.85. The number of hydrogen-bond donors (Lipinski definition) is 2. The van der Waals surface area contributed by atoms with Crippen LogP contribution in [0.4, 0.5) is 11.5 Å². The molecule has 0 saturated heterocycles. The van der Waals surface area contributed by atoms with E-state index in [-0.39, 0.29) is 11.9 Å². The second kappa shape index (κ2) is 6.34. The molecule has 3 N–H and O–H groups in total. The normalized spacial score (nSPS) is 13.5. The second-order valence-electron chi connectivity index (χ2n) is 7.98. The van der Waals surface area contributed by atoms with E-state index in [9.17, 15) is 4.79 Å². The zero-order valence-corrected chi connectivity index (χ0v) is 16.9. The number of carbonyl (C=O) groups is 1. The molecule has 1 aromatic carbocycles. The molecule has 0 spiro atoms. The predicted octanol–water partition coefficient (Wildman–Crippen LogP) is 4.12. The van der Waals surface area contributed by atoms with Gasteiger partial charge in [-0.15, -0.1) is 0 Å². The number of benzene rings is 1. The third-order valence-corrected chi connectivity index (χ3v) is 5.71. The van der Waals surface area contributed by atoms with Crippen LogP contribution in [0.1, 0.15) is 38.9 Å². The summed E-state index contributed by atoms with van der Waals surface area (Å²) >= 11 is 0. The first-order valence-corrected chi connectivity index (χ1v) is 10.00. The lowest BCUT2D eigenvalue weighted by Crippen LogP contribution is -2.07. The smallest absolute Gasteiger partial charge is 0.221 e. The van der Waals surface area contributed by atoms with Crippen LogP contribution in [0.25, 0.3) is 33.2 Å². The van der Waals surface area contributed by atoms with Crippen molar-refractivity contribution in [3.05, 3.63) is 36.3 Å². The Bertz CT molecular complexity index is 1280. The molecule has 148 valence electrons. The average molecular weight is 388 g/mol. The minimum Gasteiger partial charge on any atom is -0.383 e. The number of nitrogens with one attached hydrogen (secondary N) is 1. The summed E-state index contributed by atoms with van der Waals surface area (Å²) in [6, 6.07) is 8.54. The Kier molecular flexibility index (Phi) is 3.87. The van der Waals surface area contributed by atoms with E-state index < -0.39 is 0 Å². The van der Waals surface area contributed by atoms with Crippen LogP contribution in [0.5, 0.6) is 0 Å². The molecule has 7 heteroatoms. The molecule has 5 rings (SSSR count). The monoisotopic (exact) mass is 388 g/mol. The fourth-order valence-corrected chi connectivity index (χ4v) is 4.67. The molecular weight excluding hydrogens is 364 g/mol. The maximum atomic E-state index is 11.5. The standard InChI is InChI=1S/C22H24N6O/c1-12(2)28-16-5-4-8-27-17-10-15(26-13(3)29)7-6-14(17)9-18(27)19(16)20-21(23)24-11-25-22(20)28/h6-7,9-12H,4-5,8H2,1-3H3,(H,26,29)(H2,23,24,25). The highest BCUT2D eigenvalue weighted by atomic mass is 16.1. The van der Waals surface area contributed by atoms with E-state index in [1.54, 1.807) is 6.33 Å². The number of nitrogens with zero attached hydrogens (tertiary/aromatic N) is 4. The van der Waals surface area contributed by atoms with Crippen molar-refractivity contribution >= 4 is 39.3 Å². The number of hydrogen-bond acceptors (Lipinski definition) is 4. The molecule has 3 aromatic heterocycles. The molecule has 7 nitrogen and oxygen atoms in total. The van der Waals surface area contributed by atoms with Gasteiger partial charge in [0.2, 0.25) is 5.91 Å². The van der Waals surface area contributed by atoms with Gasteiger partial charge >= 0.3 is 0 Å². The Morgan fingerprint density at radius 1 is 1.24 bits per heavy atom. The van der Waals surface area contributed by atoms with Crippen molar-refractivity contribution in [3.8, 4) is 11.3 Å². The number of rotatable bonds is 2. The molecule has 1 aliphatic heterocycles. The number of fused-ring (bicyclic) bond motifs is 7. The zero-order chi connectivity index (χ0) is 20.3. The fraction of sp³-hybridized carbons (Fsp3) is 0.318. The van der Waals surface area contributed by atoms with Gasteiger partial charge in [0.1, 0.15) is 17.8 Å². The molecular formula is C22H24N6O. The van der Waals surface area contributed by atoms with Crippen LogP contribution in [0.2, 0.25) is 0 Å². The first kappa shape index (κ1) is 17.7. The largest absolute Gasteiger partial charge is 0.383 e. The van der Waals surface area contributed by atoms with Gasteiger partial charge in [-0.3, -0.25) is 4.79 Å². The second-order valence-corrected chi connectivity index (χ2v) is 7.98. The first-order valence-electron chi connectivity index (χ1n) is 10.00. The van der Waals surface area contributed by atoms with Crippen LogP contribution >= 0.6 is 0 Å². The molecule has 0 unspecified atom stereocenters. The average Bonchev–Trinajstić information content (AvgIpc) is 3.12. The van der Waals surface area contributed by atoms with Crippen molar-refractivity contribution in [3.63, 3.8) is 0 Å².